The SMILES string of the molecule is CC(C)C1OC(=O)C=C2C3(C)C=CCC4(C)C(=O)OC(C34)C3OC213. The summed E-state index contributed by atoms with van der Waals surface area (Å²) in [6.45, 7) is 8.16. The summed E-state index contributed by atoms with van der Waals surface area (Å²) in [7, 11) is 0. The Balaban J connectivity index is 1.75. The molecule has 1 spiro atoms. The molecule has 0 aromatic rings. The Morgan fingerprint density at radius 3 is 2.67 bits per heavy atom. The molecule has 1 saturated carbocycles. The molecule has 5 rings (SSSR count). The average Bonchev–Trinajstić information content (AvgIpc) is 3.16. The van der Waals surface area contributed by atoms with Gasteiger partial charge in [0, 0.05) is 17.4 Å². The highest BCUT2D eigenvalue weighted by molar-refractivity contribution is 5.87. The molecular weight excluding hydrogens is 308 g/mol. The van der Waals surface area contributed by atoms with Gasteiger partial charge in [-0.25, -0.2) is 4.79 Å². The number of hydrogen-bond donors (Lipinski definition) is 0. The van der Waals surface area contributed by atoms with Crippen LogP contribution in [0.1, 0.15) is 34.1 Å². The lowest BCUT2D eigenvalue weighted by molar-refractivity contribution is -0.153. The van der Waals surface area contributed by atoms with Gasteiger partial charge in [-0.1, -0.05) is 32.9 Å². The van der Waals surface area contributed by atoms with E-state index in [9.17, 15) is 9.59 Å². The van der Waals surface area contributed by atoms with Crippen molar-refractivity contribution in [3.05, 3.63) is 23.8 Å². The number of cyclic esters (lactones) is 1. The van der Waals surface area contributed by atoms with Gasteiger partial charge in [-0.3, -0.25) is 4.79 Å². The molecule has 2 saturated heterocycles. The molecule has 7 unspecified atom stereocenters. The number of esters is 2. The largest absolute Gasteiger partial charge is 0.459 e. The average molecular weight is 330 g/mol. The number of allylic oxidation sites excluding steroid dienone is 2. The maximum Gasteiger partial charge on any atom is 0.331 e. The monoisotopic (exact) mass is 330 g/mol. The Morgan fingerprint density at radius 1 is 1.21 bits per heavy atom. The fourth-order valence-corrected chi connectivity index (χ4v) is 5.95. The van der Waals surface area contributed by atoms with E-state index in [1.54, 1.807) is 6.08 Å². The van der Waals surface area contributed by atoms with Crippen molar-refractivity contribution < 1.29 is 23.8 Å². The third kappa shape index (κ3) is 1.35. The number of ether oxygens (including phenoxy) is 3. The molecule has 3 fully saturated rings. The summed E-state index contributed by atoms with van der Waals surface area (Å²) in [5.41, 5.74) is -0.646. The lowest BCUT2D eigenvalue weighted by Gasteiger charge is -2.51. The van der Waals surface area contributed by atoms with Gasteiger partial charge in [-0.05, 0) is 24.8 Å². The van der Waals surface area contributed by atoms with Crippen LogP contribution >= 0.6 is 0 Å². The lowest BCUT2D eigenvalue weighted by Crippen LogP contribution is -2.59. The predicted molar refractivity (Wildman–Crippen MR) is 83.7 cm³/mol. The molecule has 128 valence electrons. The van der Waals surface area contributed by atoms with Gasteiger partial charge in [0.15, 0.2) is 5.60 Å². The fourth-order valence-electron chi connectivity index (χ4n) is 5.95. The lowest BCUT2D eigenvalue weighted by atomic mass is 9.49. The first-order valence-electron chi connectivity index (χ1n) is 8.75. The van der Waals surface area contributed by atoms with Crippen molar-refractivity contribution in [1.82, 2.24) is 0 Å². The Bertz CT molecular complexity index is 736. The quantitative estimate of drug-likeness (QED) is 0.419. The Labute approximate surface area is 141 Å². The summed E-state index contributed by atoms with van der Waals surface area (Å²) in [4.78, 5) is 24.9. The zero-order valence-corrected chi connectivity index (χ0v) is 14.4. The highest BCUT2D eigenvalue weighted by Crippen LogP contribution is 2.71. The predicted octanol–water partition coefficient (Wildman–Crippen LogP) is 2.16. The molecule has 3 heterocycles. The molecule has 5 heteroatoms. The van der Waals surface area contributed by atoms with Crippen molar-refractivity contribution in [2.24, 2.45) is 22.7 Å². The van der Waals surface area contributed by atoms with Crippen LogP contribution in [0.5, 0.6) is 0 Å². The van der Waals surface area contributed by atoms with Crippen molar-refractivity contribution in [2.75, 3.05) is 0 Å². The van der Waals surface area contributed by atoms with Crippen molar-refractivity contribution in [1.29, 1.82) is 0 Å². The second-order valence-corrected chi connectivity index (χ2v) is 8.65. The van der Waals surface area contributed by atoms with Crippen molar-refractivity contribution in [3.8, 4) is 0 Å². The topological polar surface area (TPSA) is 65.1 Å². The molecular formula is C19H22O5. The van der Waals surface area contributed by atoms with Crippen LogP contribution in [0.3, 0.4) is 0 Å². The first-order valence-corrected chi connectivity index (χ1v) is 8.75. The summed E-state index contributed by atoms with van der Waals surface area (Å²) in [5.74, 6) is -0.340. The minimum atomic E-state index is -0.634. The van der Waals surface area contributed by atoms with Gasteiger partial charge in [0.25, 0.3) is 0 Å². The molecule has 24 heavy (non-hydrogen) atoms. The van der Waals surface area contributed by atoms with Crippen LogP contribution in [0.4, 0.5) is 0 Å². The summed E-state index contributed by atoms with van der Waals surface area (Å²) < 4.78 is 17.7. The third-order valence-corrected chi connectivity index (χ3v) is 6.90. The van der Waals surface area contributed by atoms with E-state index in [0.717, 1.165) is 5.57 Å². The maximum atomic E-state index is 12.6. The van der Waals surface area contributed by atoms with Crippen LogP contribution in [0, 0.1) is 22.7 Å². The molecule has 0 bridgehead atoms. The summed E-state index contributed by atoms with van der Waals surface area (Å²) in [5, 5.41) is 0. The minimum Gasteiger partial charge on any atom is -0.459 e. The number of hydrogen-bond acceptors (Lipinski definition) is 5. The number of carbonyl (C=O) groups is 2. The zero-order chi connectivity index (χ0) is 17.1. The normalized spacial score (nSPS) is 53.6. The zero-order valence-electron chi connectivity index (χ0n) is 14.4. The number of carbonyl (C=O) groups excluding carboxylic acids is 2. The van der Waals surface area contributed by atoms with Crippen molar-refractivity contribution in [3.63, 3.8) is 0 Å². The van der Waals surface area contributed by atoms with Crippen LogP contribution in [0.15, 0.2) is 23.8 Å². The maximum absolute atomic E-state index is 12.6. The number of epoxide rings is 1. The van der Waals surface area contributed by atoms with E-state index < -0.39 is 16.4 Å². The first-order chi connectivity index (χ1) is 11.2. The van der Waals surface area contributed by atoms with Gasteiger partial charge in [0.05, 0.1) is 5.41 Å². The van der Waals surface area contributed by atoms with Gasteiger partial charge >= 0.3 is 11.9 Å². The van der Waals surface area contributed by atoms with E-state index >= 15 is 0 Å². The fraction of sp³-hybridized carbons (Fsp3) is 0.684. The highest BCUT2D eigenvalue weighted by atomic mass is 16.7. The summed E-state index contributed by atoms with van der Waals surface area (Å²) >= 11 is 0. The van der Waals surface area contributed by atoms with E-state index in [-0.39, 0.29) is 42.1 Å². The third-order valence-electron chi connectivity index (χ3n) is 6.90. The molecule has 0 aromatic heterocycles. The Kier molecular flexibility index (Phi) is 2.42. The molecule has 0 radical (unpaired) electrons. The van der Waals surface area contributed by atoms with E-state index in [0.29, 0.717) is 6.42 Å². The van der Waals surface area contributed by atoms with Crippen LogP contribution in [0.2, 0.25) is 0 Å². The molecule has 0 N–H and O–H groups in total. The van der Waals surface area contributed by atoms with E-state index in [1.165, 1.54) is 0 Å². The van der Waals surface area contributed by atoms with E-state index in [4.69, 9.17) is 14.2 Å². The van der Waals surface area contributed by atoms with Gasteiger partial charge in [0.1, 0.15) is 18.3 Å². The number of rotatable bonds is 1. The van der Waals surface area contributed by atoms with E-state index in [1.807, 2.05) is 20.8 Å². The van der Waals surface area contributed by atoms with Crippen molar-refractivity contribution in [2.45, 2.75) is 58.0 Å². The molecule has 3 aliphatic heterocycles. The molecule has 2 aliphatic carbocycles. The highest BCUT2D eigenvalue weighted by Gasteiger charge is 2.82. The van der Waals surface area contributed by atoms with Crippen LogP contribution in [0.25, 0.3) is 0 Å². The molecule has 5 nitrogen and oxygen atoms in total. The smallest absolute Gasteiger partial charge is 0.331 e. The first kappa shape index (κ1) is 14.7. The van der Waals surface area contributed by atoms with Gasteiger partial charge in [-0.2, -0.15) is 0 Å². The standard InChI is InChI=1S/C19H22O5/c1-9(2)14-19-10(8-11(20)22-14)17(3)6-5-7-18(4)13(17)12(15(19)24-19)23-16(18)21/h5-6,8-9,12-15H,7H2,1-4H3. The van der Waals surface area contributed by atoms with Crippen molar-refractivity contribution >= 4 is 11.9 Å². The summed E-state index contributed by atoms with van der Waals surface area (Å²) in [6.07, 6.45) is 5.67. The van der Waals surface area contributed by atoms with E-state index in [2.05, 4.69) is 19.1 Å². The van der Waals surface area contributed by atoms with Gasteiger partial charge in [0.2, 0.25) is 0 Å². The van der Waals surface area contributed by atoms with Gasteiger partial charge in [-0.15, -0.1) is 0 Å². The summed E-state index contributed by atoms with van der Waals surface area (Å²) in [6, 6.07) is 0. The molecule has 0 amide bonds. The number of fused-ring (bicyclic) bond motifs is 2. The van der Waals surface area contributed by atoms with Crippen LogP contribution < -0.4 is 0 Å². The van der Waals surface area contributed by atoms with Gasteiger partial charge < -0.3 is 14.2 Å². The molecule has 7 atom stereocenters. The Morgan fingerprint density at radius 2 is 1.96 bits per heavy atom. The van der Waals surface area contributed by atoms with Crippen LogP contribution in [-0.2, 0) is 23.8 Å². The van der Waals surface area contributed by atoms with Crippen LogP contribution in [-0.4, -0.2) is 35.9 Å². The Hall–Kier alpha value is -1.62. The molecule has 5 aliphatic rings. The second kappa shape index (κ2) is 3.96. The second-order valence-electron chi connectivity index (χ2n) is 8.65. The minimum absolute atomic E-state index is 0.00640. The molecule has 0 aromatic carbocycles.